The zero-order valence-electron chi connectivity index (χ0n) is 15.9. The van der Waals surface area contributed by atoms with Crippen molar-refractivity contribution in [1.82, 2.24) is 10.2 Å². The third-order valence-corrected chi connectivity index (χ3v) is 5.21. The van der Waals surface area contributed by atoms with Crippen LogP contribution in [0.25, 0.3) is 0 Å². The SMILES string of the molecule is C[C@H](NC(=O)C1CCCCN1Cc1cccc(F)c1)c1ccc(C(=O)O)cc1. The number of nitrogens with one attached hydrogen (secondary N) is 1. The summed E-state index contributed by atoms with van der Waals surface area (Å²) in [5.74, 6) is -1.29. The molecule has 1 saturated heterocycles. The highest BCUT2D eigenvalue weighted by molar-refractivity contribution is 5.87. The van der Waals surface area contributed by atoms with Crippen molar-refractivity contribution in [3.63, 3.8) is 0 Å². The van der Waals surface area contributed by atoms with E-state index in [0.29, 0.717) is 6.54 Å². The molecule has 6 heteroatoms. The van der Waals surface area contributed by atoms with Gasteiger partial charge in [-0.25, -0.2) is 9.18 Å². The number of amides is 1. The monoisotopic (exact) mass is 384 g/mol. The molecule has 1 heterocycles. The molecule has 2 aromatic rings. The molecule has 2 aromatic carbocycles. The van der Waals surface area contributed by atoms with Gasteiger partial charge in [0.05, 0.1) is 17.6 Å². The van der Waals surface area contributed by atoms with Gasteiger partial charge in [-0.3, -0.25) is 9.69 Å². The first-order valence-corrected chi connectivity index (χ1v) is 9.56. The van der Waals surface area contributed by atoms with Crippen molar-refractivity contribution >= 4 is 11.9 Å². The Morgan fingerprint density at radius 2 is 1.96 bits per heavy atom. The number of rotatable bonds is 6. The second kappa shape index (κ2) is 8.97. The van der Waals surface area contributed by atoms with E-state index < -0.39 is 5.97 Å². The third kappa shape index (κ3) is 4.95. The van der Waals surface area contributed by atoms with Crippen molar-refractivity contribution in [3.05, 3.63) is 71.0 Å². The molecule has 0 spiro atoms. The van der Waals surface area contributed by atoms with Crippen LogP contribution in [-0.2, 0) is 11.3 Å². The summed E-state index contributed by atoms with van der Waals surface area (Å²) < 4.78 is 13.5. The number of aromatic carboxylic acids is 1. The van der Waals surface area contributed by atoms with Crippen LogP contribution in [0.2, 0.25) is 0 Å². The summed E-state index contributed by atoms with van der Waals surface area (Å²) in [7, 11) is 0. The van der Waals surface area contributed by atoms with E-state index >= 15 is 0 Å². The molecule has 2 N–H and O–H groups in total. The molecule has 5 nitrogen and oxygen atoms in total. The number of halogens is 1. The van der Waals surface area contributed by atoms with Gasteiger partial charge in [0, 0.05) is 6.54 Å². The first-order chi connectivity index (χ1) is 13.4. The Balaban J connectivity index is 1.65. The summed E-state index contributed by atoms with van der Waals surface area (Å²) in [4.78, 5) is 26.0. The molecule has 3 rings (SSSR count). The molecule has 1 amide bonds. The molecule has 1 fully saturated rings. The molecule has 0 aliphatic carbocycles. The van der Waals surface area contributed by atoms with Gasteiger partial charge in [-0.2, -0.15) is 0 Å². The van der Waals surface area contributed by atoms with E-state index in [1.54, 1.807) is 18.2 Å². The van der Waals surface area contributed by atoms with Gasteiger partial charge in [0.2, 0.25) is 5.91 Å². The lowest BCUT2D eigenvalue weighted by molar-refractivity contribution is -0.128. The van der Waals surface area contributed by atoms with Gasteiger partial charge in [0.15, 0.2) is 0 Å². The maximum absolute atomic E-state index is 13.5. The first-order valence-electron chi connectivity index (χ1n) is 9.56. The highest BCUT2D eigenvalue weighted by atomic mass is 19.1. The van der Waals surface area contributed by atoms with Gasteiger partial charge < -0.3 is 10.4 Å². The van der Waals surface area contributed by atoms with E-state index in [9.17, 15) is 14.0 Å². The van der Waals surface area contributed by atoms with Crippen LogP contribution >= 0.6 is 0 Å². The molecule has 0 saturated carbocycles. The van der Waals surface area contributed by atoms with Gasteiger partial charge in [-0.05, 0) is 61.7 Å². The van der Waals surface area contributed by atoms with Gasteiger partial charge in [-0.1, -0.05) is 30.7 Å². The minimum atomic E-state index is -0.974. The van der Waals surface area contributed by atoms with Crippen molar-refractivity contribution in [3.8, 4) is 0 Å². The lowest BCUT2D eigenvalue weighted by Crippen LogP contribution is -2.49. The number of piperidine rings is 1. The number of carbonyl (C=O) groups is 2. The predicted octanol–water partition coefficient (Wildman–Crippen LogP) is 3.76. The lowest BCUT2D eigenvalue weighted by atomic mass is 9.99. The van der Waals surface area contributed by atoms with Crippen LogP contribution in [0.1, 0.15) is 53.7 Å². The smallest absolute Gasteiger partial charge is 0.335 e. The van der Waals surface area contributed by atoms with E-state index in [-0.39, 0.29) is 29.4 Å². The average Bonchev–Trinajstić information content (AvgIpc) is 2.68. The van der Waals surface area contributed by atoms with Crippen molar-refractivity contribution in [2.45, 2.75) is 44.8 Å². The number of likely N-dealkylation sites (tertiary alicyclic amines) is 1. The Morgan fingerprint density at radius 1 is 1.21 bits per heavy atom. The molecule has 148 valence electrons. The van der Waals surface area contributed by atoms with Gasteiger partial charge in [0.25, 0.3) is 0 Å². The summed E-state index contributed by atoms with van der Waals surface area (Å²) in [6, 6.07) is 12.5. The van der Waals surface area contributed by atoms with Crippen LogP contribution in [0, 0.1) is 5.82 Å². The van der Waals surface area contributed by atoms with Crippen molar-refractivity contribution in [2.75, 3.05) is 6.54 Å². The van der Waals surface area contributed by atoms with Crippen LogP contribution in [0.15, 0.2) is 48.5 Å². The summed E-state index contributed by atoms with van der Waals surface area (Å²) in [5, 5.41) is 12.0. The maximum atomic E-state index is 13.5. The van der Waals surface area contributed by atoms with Gasteiger partial charge in [0.1, 0.15) is 5.82 Å². The van der Waals surface area contributed by atoms with Crippen molar-refractivity contribution < 1.29 is 19.1 Å². The zero-order chi connectivity index (χ0) is 20.1. The second-order valence-corrected chi connectivity index (χ2v) is 7.27. The molecule has 2 atom stereocenters. The molecule has 1 aliphatic heterocycles. The highest BCUT2D eigenvalue weighted by Crippen LogP contribution is 2.22. The zero-order valence-corrected chi connectivity index (χ0v) is 15.9. The summed E-state index contributed by atoms with van der Waals surface area (Å²) >= 11 is 0. The quantitative estimate of drug-likeness (QED) is 0.796. The Kier molecular flexibility index (Phi) is 6.41. The first kappa shape index (κ1) is 20.0. The lowest BCUT2D eigenvalue weighted by Gasteiger charge is -2.35. The Bertz CT molecular complexity index is 838. The standard InChI is InChI=1S/C22H25FN2O3/c1-15(17-8-10-18(11-9-17)22(27)28)24-21(26)20-7-2-3-12-25(20)14-16-5-4-6-19(23)13-16/h4-6,8-11,13,15,20H,2-3,7,12,14H2,1H3,(H,24,26)(H,27,28)/t15-,20?/m0/s1. The number of hydrogen-bond acceptors (Lipinski definition) is 3. The molecule has 0 bridgehead atoms. The topological polar surface area (TPSA) is 69.6 Å². The number of carboxylic acids is 1. The number of carboxylic acid groups (broad SMARTS) is 1. The summed E-state index contributed by atoms with van der Waals surface area (Å²) in [6.45, 7) is 3.22. The molecule has 28 heavy (non-hydrogen) atoms. The van der Waals surface area contributed by atoms with E-state index in [4.69, 9.17) is 5.11 Å². The number of nitrogens with zero attached hydrogens (tertiary/aromatic N) is 1. The fourth-order valence-corrected chi connectivity index (χ4v) is 3.65. The predicted molar refractivity (Wildman–Crippen MR) is 104 cm³/mol. The van der Waals surface area contributed by atoms with Gasteiger partial charge in [-0.15, -0.1) is 0 Å². The maximum Gasteiger partial charge on any atom is 0.335 e. The van der Waals surface area contributed by atoms with Crippen LogP contribution in [0.5, 0.6) is 0 Å². The Hall–Kier alpha value is -2.73. The molecular weight excluding hydrogens is 359 g/mol. The molecular formula is C22H25FN2O3. The minimum absolute atomic E-state index is 0.0501. The van der Waals surface area contributed by atoms with E-state index in [1.165, 1.54) is 24.3 Å². The summed E-state index contributed by atoms with van der Waals surface area (Å²) in [5.41, 5.74) is 1.93. The molecule has 1 unspecified atom stereocenters. The Morgan fingerprint density at radius 3 is 2.64 bits per heavy atom. The molecule has 1 aliphatic rings. The fourth-order valence-electron chi connectivity index (χ4n) is 3.65. The number of hydrogen-bond donors (Lipinski definition) is 2. The van der Waals surface area contributed by atoms with Crippen LogP contribution in [0.3, 0.4) is 0 Å². The normalized spacial score (nSPS) is 18.4. The highest BCUT2D eigenvalue weighted by Gasteiger charge is 2.29. The largest absolute Gasteiger partial charge is 0.478 e. The average molecular weight is 384 g/mol. The van der Waals surface area contributed by atoms with Crippen molar-refractivity contribution in [2.24, 2.45) is 0 Å². The molecule has 0 radical (unpaired) electrons. The van der Waals surface area contributed by atoms with E-state index in [1.807, 2.05) is 13.0 Å². The van der Waals surface area contributed by atoms with Crippen LogP contribution < -0.4 is 5.32 Å². The minimum Gasteiger partial charge on any atom is -0.478 e. The number of benzene rings is 2. The Labute approximate surface area is 164 Å². The second-order valence-electron chi connectivity index (χ2n) is 7.27. The third-order valence-electron chi connectivity index (χ3n) is 5.21. The van der Waals surface area contributed by atoms with Crippen molar-refractivity contribution in [1.29, 1.82) is 0 Å². The van der Waals surface area contributed by atoms with Crippen LogP contribution in [-0.4, -0.2) is 34.5 Å². The summed E-state index contributed by atoms with van der Waals surface area (Å²) in [6.07, 6.45) is 2.77. The van der Waals surface area contributed by atoms with Gasteiger partial charge >= 0.3 is 5.97 Å². The number of carbonyl (C=O) groups excluding carboxylic acids is 1. The van der Waals surface area contributed by atoms with E-state index in [2.05, 4.69) is 10.2 Å². The van der Waals surface area contributed by atoms with E-state index in [0.717, 1.165) is 36.9 Å². The van der Waals surface area contributed by atoms with Crippen LogP contribution in [0.4, 0.5) is 4.39 Å². The fraction of sp³-hybridized carbons (Fsp3) is 0.364. The molecule has 0 aromatic heterocycles.